The molecule has 1 saturated heterocycles. The van der Waals surface area contributed by atoms with Gasteiger partial charge >= 0.3 is 11.9 Å². The number of benzene rings is 1. The van der Waals surface area contributed by atoms with E-state index in [9.17, 15) is 9.59 Å². The maximum absolute atomic E-state index is 11.8. The number of carbonyl (C=O) groups excluding carboxylic acids is 2. The van der Waals surface area contributed by atoms with Gasteiger partial charge in [0.15, 0.2) is 0 Å². The minimum Gasteiger partial charge on any atom is -0.466 e. The highest BCUT2D eigenvalue weighted by molar-refractivity contribution is 5.87. The fraction of sp³-hybridized carbons (Fsp3) is 0.524. The molecule has 0 unspecified atom stereocenters. The summed E-state index contributed by atoms with van der Waals surface area (Å²) >= 11 is 0. The average molecular weight is 359 g/mol. The van der Waals surface area contributed by atoms with Gasteiger partial charge in [-0.15, -0.1) is 0 Å². The summed E-state index contributed by atoms with van der Waals surface area (Å²) in [6, 6.07) is 8.04. The molecule has 2 rings (SSSR count). The third kappa shape index (κ3) is 6.21. The monoisotopic (exact) mass is 359 g/mol. The van der Waals surface area contributed by atoms with Crippen LogP contribution in [-0.4, -0.2) is 37.2 Å². The van der Waals surface area contributed by atoms with Gasteiger partial charge in [0, 0.05) is 24.9 Å². The molecule has 1 aliphatic heterocycles. The summed E-state index contributed by atoms with van der Waals surface area (Å²) in [4.78, 5) is 25.8. The van der Waals surface area contributed by atoms with Gasteiger partial charge in [-0.25, -0.2) is 4.79 Å². The molecule has 0 aliphatic carbocycles. The van der Waals surface area contributed by atoms with E-state index in [1.54, 1.807) is 6.08 Å². The lowest BCUT2D eigenvalue weighted by atomic mass is 9.96. The number of piperidine rings is 1. The van der Waals surface area contributed by atoms with E-state index in [4.69, 9.17) is 9.47 Å². The van der Waals surface area contributed by atoms with Crippen LogP contribution in [-0.2, 0) is 19.1 Å². The summed E-state index contributed by atoms with van der Waals surface area (Å²) in [5.41, 5.74) is 1.59. The molecule has 0 radical (unpaired) electrons. The Morgan fingerprint density at radius 3 is 2.31 bits per heavy atom. The van der Waals surface area contributed by atoms with Gasteiger partial charge in [-0.2, -0.15) is 0 Å². The van der Waals surface area contributed by atoms with Crippen LogP contribution in [0.25, 0.3) is 6.08 Å². The highest BCUT2D eigenvalue weighted by Crippen LogP contribution is 2.24. The molecule has 5 nitrogen and oxygen atoms in total. The number of ether oxygens (including phenoxy) is 2. The van der Waals surface area contributed by atoms with Gasteiger partial charge in [0.25, 0.3) is 0 Å². The van der Waals surface area contributed by atoms with Crippen molar-refractivity contribution < 1.29 is 19.1 Å². The summed E-state index contributed by atoms with van der Waals surface area (Å²) in [5, 5.41) is 0. The van der Waals surface area contributed by atoms with Crippen LogP contribution in [0.2, 0.25) is 0 Å². The van der Waals surface area contributed by atoms with E-state index in [0.717, 1.165) is 37.2 Å². The SMILES string of the molecule is CCOC(=O)C1CCN(c2ccc(/C=C/C(=O)OC(C)(C)C)cc2)CC1. The van der Waals surface area contributed by atoms with Gasteiger partial charge in [0.1, 0.15) is 5.60 Å². The molecule has 142 valence electrons. The Morgan fingerprint density at radius 1 is 1.15 bits per heavy atom. The fourth-order valence-corrected chi connectivity index (χ4v) is 2.93. The van der Waals surface area contributed by atoms with Gasteiger partial charge in [0.2, 0.25) is 0 Å². The van der Waals surface area contributed by atoms with Gasteiger partial charge in [-0.1, -0.05) is 12.1 Å². The molecule has 0 aromatic heterocycles. The molecule has 1 fully saturated rings. The van der Waals surface area contributed by atoms with Crippen molar-refractivity contribution in [3.05, 3.63) is 35.9 Å². The number of hydrogen-bond acceptors (Lipinski definition) is 5. The maximum Gasteiger partial charge on any atom is 0.331 e. The molecule has 0 atom stereocenters. The molecule has 1 aliphatic rings. The lowest BCUT2D eigenvalue weighted by Gasteiger charge is -2.32. The van der Waals surface area contributed by atoms with Crippen LogP contribution >= 0.6 is 0 Å². The van der Waals surface area contributed by atoms with E-state index in [1.165, 1.54) is 6.08 Å². The first kappa shape index (κ1) is 20.0. The van der Waals surface area contributed by atoms with Crippen molar-refractivity contribution in [2.45, 2.75) is 46.1 Å². The normalized spacial score (nSPS) is 15.9. The summed E-state index contributed by atoms with van der Waals surface area (Å²) < 4.78 is 10.4. The van der Waals surface area contributed by atoms with Crippen molar-refractivity contribution in [1.29, 1.82) is 0 Å². The second-order valence-corrected chi connectivity index (χ2v) is 7.47. The standard InChI is InChI=1S/C21H29NO4/c1-5-25-20(24)17-12-14-22(15-13-17)18-9-6-16(7-10-18)8-11-19(23)26-21(2,3)4/h6-11,17H,5,12-15H2,1-4H3/b11-8+. The average Bonchev–Trinajstić information content (AvgIpc) is 2.59. The Kier molecular flexibility index (Phi) is 6.83. The first-order valence-corrected chi connectivity index (χ1v) is 9.21. The van der Waals surface area contributed by atoms with E-state index in [2.05, 4.69) is 4.90 Å². The Balaban J connectivity index is 1.88. The number of anilines is 1. The van der Waals surface area contributed by atoms with Crippen LogP contribution in [0.15, 0.2) is 30.3 Å². The first-order valence-electron chi connectivity index (χ1n) is 9.21. The molecule has 0 bridgehead atoms. The number of nitrogens with zero attached hydrogens (tertiary/aromatic N) is 1. The van der Waals surface area contributed by atoms with Crippen LogP contribution in [0.3, 0.4) is 0 Å². The van der Waals surface area contributed by atoms with E-state index in [-0.39, 0.29) is 17.9 Å². The summed E-state index contributed by atoms with van der Waals surface area (Å²) in [6.45, 7) is 9.51. The predicted molar refractivity (Wildman–Crippen MR) is 103 cm³/mol. The fourth-order valence-electron chi connectivity index (χ4n) is 2.93. The summed E-state index contributed by atoms with van der Waals surface area (Å²) in [7, 11) is 0. The molecule has 0 spiro atoms. The Hall–Kier alpha value is -2.30. The predicted octanol–water partition coefficient (Wildman–Crippen LogP) is 3.82. The maximum atomic E-state index is 11.8. The highest BCUT2D eigenvalue weighted by Gasteiger charge is 2.25. The highest BCUT2D eigenvalue weighted by atomic mass is 16.6. The zero-order valence-corrected chi connectivity index (χ0v) is 16.2. The molecular formula is C21H29NO4. The Morgan fingerprint density at radius 2 is 1.77 bits per heavy atom. The van der Waals surface area contributed by atoms with Crippen LogP contribution < -0.4 is 4.90 Å². The lowest BCUT2D eigenvalue weighted by Crippen LogP contribution is -2.36. The van der Waals surface area contributed by atoms with E-state index in [1.807, 2.05) is 52.0 Å². The van der Waals surface area contributed by atoms with Crippen molar-refractivity contribution in [3.8, 4) is 0 Å². The third-order valence-corrected chi connectivity index (χ3v) is 4.19. The number of rotatable bonds is 5. The minimum absolute atomic E-state index is 0.0160. The molecule has 1 heterocycles. The number of carbonyl (C=O) groups is 2. The summed E-state index contributed by atoms with van der Waals surface area (Å²) in [5.74, 6) is -0.403. The Labute approximate surface area is 156 Å². The molecule has 0 amide bonds. The molecule has 1 aromatic rings. The van der Waals surface area contributed by atoms with Gasteiger partial charge < -0.3 is 14.4 Å². The lowest BCUT2D eigenvalue weighted by molar-refractivity contribution is -0.149. The second kappa shape index (κ2) is 8.88. The minimum atomic E-state index is -0.485. The second-order valence-electron chi connectivity index (χ2n) is 7.47. The smallest absolute Gasteiger partial charge is 0.331 e. The van der Waals surface area contributed by atoms with E-state index < -0.39 is 5.60 Å². The van der Waals surface area contributed by atoms with Gasteiger partial charge in [-0.3, -0.25) is 4.79 Å². The topological polar surface area (TPSA) is 55.8 Å². The largest absolute Gasteiger partial charge is 0.466 e. The van der Waals surface area contributed by atoms with Crippen molar-refractivity contribution in [2.75, 3.05) is 24.6 Å². The number of esters is 2. The number of hydrogen-bond donors (Lipinski definition) is 0. The molecule has 26 heavy (non-hydrogen) atoms. The first-order chi connectivity index (χ1) is 12.3. The molecule has 5 heteroatoms. The van der Waals surface area contributed by atoms with Crippen LogP contribution in [0, 0.1) is 5.92 Å². The zero-order chi connectivity index (χ0) is 19.2. The van der Waals surface area contributed by atoms with Crippen molar-refractivity contribution >= 4 is 23.7 Å². The van der Waals surface area contributed by atoms with Crippen LogP contribution in [0.4, 0.5) is 5.69 Å². The summed E-state index contributed by atoms with van der Waals surface area (Å²) in [6.07, 6.45) is 4.84. The zero-order valence-electron chi connectivity index (χ0n) is 16.2. The molecular weight excluding hydrogens is 330 g/mol. The molecule has 0 saturated carbocycles. The molecule has 1 aromatic carbocycles. The Bertz CT molecular complexity index is 635. The van der Waals surface area contributed by atoms with Gasteiger partial charge in [-0.05, 0) is 64.3 Å². The van der Waals surface area contributed by atoms with E-state index in [0.29, 0.717) is 6.61 Å². The van der Waals surface area contributed by atoms with Crippen LogP contribution in [0.1, 0.15) is 46.1 Å². The van der Waals surface area contributed by atoms with Gasteiger partial charge in [0.05, 0.1) is 12.5 Å². The van der Waals surface area contributed by atoms with E-state index >= 15 is 0 Å². The van der Waals surface area contributed by atoms with Crippen molar-refractivity contribution in [3.63, 3.8) is 0 Å². The van der Waals surface area contributed by atoms with Crippen molar-refractivity contribution in [1.82, 2.24) is 0 Å². The van der Waals surface area contributed by atoms with Crippen LogP contribution in [0.5, 0.6) is 0 Å². The molecule has 0 N–H and O–H groups in total. The quantitative estimate of drug-likeness (QED) is 0.591. The van der Waals surface area contributed by atoms with Crippen molar-refractivity contribution in [2.24, 2.45) is 5.92 Å². The third-order valence-electron chi connectivity index (χ3n) is 4.19.